The summed E-state index contributed by atoms with van der Waals surface area (Å²) in [5.74, 6) is -0.275. The molecule has 1 N–H and O–H groups in total. The first-order chi connectivity index (χ1) is 12.0. The molecule has 0 spiro atoms. The summed E-state index contributed by atoms with van der Waals surface area (Å²) in [4.78, 5) is 12.3. The highest BCUT2D eigenvalue weighted by Crippen LogP contribution is 2.12. The summed E-state index contributed by atoms with van der Waals surface area (Å²) in [6.07, 6.45) is 10.8. The highest BCUT2D eigenvalue weighted by molar-refractivity contribution is 9.10. The lowest BCUT2D eigenvalue weighted by molar-refractivity contribution is -0.119. The van der Waals surface area contributed by atoms with Crippen molar-refractivity contribution in [2.45, 2.75) is 33.5 Å². The maximum Gasteiger partial charge on any atom is 0.229 e. The third-order valence-corrected chi connectivity index (χ3v) is 4.18. The van der Waals surface area contributed by atoms with Crippen molar-refractivity contribution in [3.8, 4) is 0 Å². The van der Waals surface area contributed by atoms with Crippen LogP contribution < -0.4 is 5.32 Å². The minimum atomic E-state index is -0.210. The lowest BCUT2D eigenvalue weighted by Gasteiger charge is -2.11. The zero-order valence-electron chi connectivity index (χ0n) is 14.1. The number of hydrogen-bond acceptors (Lipinski definition) is 4. The number of aryl methyl sites for hydroxylation is 1. The van der Waals surface area contributed by atoms with E-state index in [2.05, 4.69) is 36.5 Å². The zero-order chi connectivity index (χ0) is 17.8. The Labute approximate surface area is 154 Å². The van der Waals surface area contributed by atoms with E-state index in [1.54, 1.807) is 21.8 Å². The molecule has 3 aromatic heterocycles. The smallest absolute Gasteiger partial charge is 0.229 e. The SMILES string of the molecule is CCn1cc(Cn2cc(NC(=O)C(C)Cn3cc(Br)cn3)cn2)cn1. The first-order valence-corrected chi connectivity index (χ1v) is 8.85. The summed E-state index contributed by atoms with van der Waals surface area (Å²) in [7, 11) is 0. The van der Waals surface area contributed by atoms with Gasteiger partial charge in [0.05, 0.1) is 47.8 Å². The van der Waals surface area contributed by atoms with Gasteiger partial charge in [0.25, 0.3) is 0 Å². The van der Waals surface area contributed by atoms with Crippen LogP contribution in [0.15, 0.2) is 41.7 Å². The minimum absolute atomic E-state index is 0.0648. The monoisotopic (exact) mass is 405 g/mol. The Bertz CT molecular complexity index is 850. The highest BCUT2D eigenvalue weighted by Gasteiger charge is 2.15. The molecule has 3 aromatic rings. The third kappa shape index (κ3) is 4.56. The van der Waals surface area contributed by atoms with Gasteiger partial charge in [0, 0.05) is 30.7 Å². The molecule has 3 rings (SSSR count). The van der Waals surface area contributed by atoms with Gasteiger partial charge in [-0.05, 0) is 22.9 Å². The van der Waals surface area contributed by atoms with Crippen molar-refractivity contribution < 1.29 is 4.79 Å². The molecule has 132 valence electrons. The zero-order valence-corrected chi connectivity index (χ0v) is 15.7. The molecule has 0 aromatic carbocycles. The van der Waals surface area contributed by atoms with Gasteiger partial charge in [0.1, 0.15) is 0 Å². The summed E-state index contributed by atoms with van der Waals surface area (Å²) < 4.78 is 6.29. The molecule has 0 aliphatic carbocycles. The van der Waals surface area contributed by atoms with Crippen molar-refractivity contribution in [1.82, 2.24) is 29.3 Å². The normalized spacial score (nSPS) is 12.3. The molecule has 0 fully saturated rings. The van der Waals surface area contributed by atoms with Gasteiger partial charge in [-0.15, -0.1) is 0 Å². The van der Waals surface area contributed by atoms with E-state index in [0.717, 1.165) is 16.6 Å². The standard InChI is InChI=1S/C16H20BrN7O/c1-3-22-8-13(4-18-22)9-24-11-15(6-20-24)21-16(25)12(2)7-23-10-14(17)5-19-23/h4-6,8,10-12H,3,7,9H2,1-2H3,(H,21,25). The van der Waals surface area contributed by atoms with E-state index in [0.29, 0.717) is 18.8 Å². The Hall–Kier alpha value is -2.42. The quantitative estimate of drug-likeness (QED) is 0.653. The fraction of sp³-hybridized carbons (Fsp3) is 0.375. The van der Waals surface area contributed by atoms with Gasteiger partial charge >= 0.3 is 0 Å². The number of amides is 1. The van der Waals surface area contributed by atoms with Gasteiger partial charge in [-0.2, -0.15) is 15.3 Å². The molecular weight excluding hydrogens is 386 g/mol. The fourth-order valence-electron chi connectivity index (χ4n) is 2.43. The Morgan fingerprint density at radius 3 is 2.56 bits per heavy atom. The van der Waals surface area contributed by atoms with Crippen LogP contribution in [0.4, 0.5) is 5.69 Å². The molecule has 1 unspecified atom stereocenters. The van der Waals surface area contributed by atoms with Gasteiger partial charge in [0.2, 0.25) is 5.91 Å². The molecule has 0 aliphatic rings. The van der Waals surface area contributed by atoms with E-state index in [1.807, 2.05) is 43.3 Å². The minimum Gasteiger partial charge on any atom is -0.323 e. The largest absolute Gasteiger partial charge is 0.323 e. The Morgan fingerprint density at radius 2 is 1.88 bits per heavy atom. The van der Waals surface area contributed by atoms with E-state index >= 15 is 0 Å². The van der Waals surface area contributed by atoms with E-state index in [-0.39, 0.29) is 11.8 Å². The van der Waals surface area contributed by atoms with E-state index in [9.17, 15) is 4.79 Å². The maximum atomic E-state index is 12.3. The van der Waals surface area contributed by atoms with Gasteiger partial charge in [-0.1, -0.05) is 6.92 Å². The molecule has 0 aliphatic heterocycles. The molecule has 0 bridgehead atoms. The number of carbonyl (C=O) groups excluding carboxylic acids is 1. The van der Waals surface area contributed by atoms with E-state index in [1.165, 1.54) is 0 Å². The molecular formula is C16H20BrN7O. The third-order valence-electron chi connectivity index (χ3n) is 3.77. The van der Waals surface area contributed by atoms with Gasteiger partial charge in [-0.3, -0.25) is 18.8 Å². The number of rotatable bonds is 7. The number of carbonyl (C=O) groups is 1. The summed E-state index contributed by atoms with van der Waals surface area (Å²) >= 11 is 3.35. The van der Waals surface area contributed by atoms with Crippen LogP contribution in [0.3, 0.4) is 0 Å². The molecule has 25 heavy (non-hydrogen) atoms. The number of halogens is 1. The predicted octanol–water partition coefficient (Wildman–Crippen LogP) is 2.38. The first-order valence-electron chi connectivity index (χ1n) is 8.06. The average molecular weight is 406 g/mol. The Morgan fingerprint density at radius 1 is 1.12 bits per heavy atom. The fourth-order valence-corrected chi connectivity index (χ4v) is 2.76. The van der Waals surface area contributed by atoms with Crippen LogP contribution >= 0.6 is 15.9 Å². The summed E-state index contributed by atoms with van der Waals surface area (Å²) in [5.41, 5.74) is 1.75. The predicted molar refractivity (Wildman–Crippen MR) is 97.0 cm³/mol. The summed E-state index contributed by atoms with van der Waals surface area (Å²) in [6.45, 7) is 5.88. The van der Waals surface area contributed by atoms with Gasteiger partial charge in [0.15, 0.2) is 0 Å². The summed E-state index contributed by atoms with van der Waals surface area (Å²) in [5, 5.41) is 15.6. The molecule has 9 heteroatoms. The lowest BCUT2D eigenvalue weighted by Crippen LogP contribution is -2.24. The molecule has 3 heterocycles. The van der Waals surface area contributed by atoms with Gasteiger partial charge in [-0.25, -0.2) is 0 Å². The van der Waals surface area contributed by atoms with Crippen molar-refractivity contribution in [2.75, 3.05) is 5.32 Å². The highest BCUT2D eigenvalue weighted by atomic mass is 79.9. The average Bonchev–Trinajstić information content (AvgIpc) is 3.30. The first kappa shape index (κ1) is 17.4. The molecule has 0 saturated carbocycles. The van der Waals surface area contributed by atoms with Crippen LogP contribution in [0.1, 0.15) is 19.4 Å². The van der Waals surface area contributed by atoms with Crippen LogP contribution in [0.25, 0.3) is 0 Å². The summed E-state index contributed by atoms with van der Waals surface area (Å²) in [6, 6.07) is 0. The molecule has 1 amide bonds. The Balaban J connectivity index is 1.55. The number of hydrogen-bond donors (Lipinski definition) is 1. The number of nitrogens with one attached hydrogen (secondary N) is 1. The van der Waals surface area contributed by atoms with Crippen LogP contribution in [0, 0.1) is 5.92 Å². The second kappa shape index (κ2) is 7.64. The van der Waals surface area contributed by atoms with Crippen LogP contribution in [0.2, 0.25) is 0 Å². The van der Waals surface area contributed by atoms with Crippen LogP contribution in [-0.2, 0) is 24.4 Å². The van der Waals surface area contributed by atoms with E-state index < -0.39 is 0 Å². The molecule has 1 atom stereocenters. The van der Waals surface area contributed by atoms with Crippen molar-refractivity contribution in [2.24, 2.45) is 5.92 Å². The number of nitrogens with zero attached hydrogens (tertiary/aromatic N) is 6. The van der Waals surface area contributed by atoms with Crippen LogP contribution in [0.5, 0.6) is 0 Å². The van der Waals surface area contributed by atoms with Crippen molar-refractivity contribution in [1.29, 1.82) is 0 Å². The maximum absolute atomic E-state index is 12.3. The van der Waals surface area contributed by atoms with Gasteiger partial charge < -0.3 is 5.32 Å². The van der Waals surface area contributed by atoms with Crippen molar-refractivity contribution in [3.63, 3.8) is 0 Å². The second-order valence-corrected chi connectivity index (χ2v) is 6.82. The molecule has 0 radical (unpaired) electrons. The molecule has 0 saturated heterocycles. The number of aromatic nitrogens is 6. The van der Waals surface area contributed by atoms with Crippen LogP contribution in [-0.4, -0.2) is 35.2 Å². The molecule has 8 nitrogen and oxygen atoms in total. The lowest BCUT2D eigenvalue weighted by atomic mass is 10.1. The van der Waals surface area contributed by atoms with Crippen molar-refractivity contribution in [3.05, 3.63) is 47.2 Å². The van der Waals surface area contributed by atoms with E-state index in [4.69, 9.17) is 0 Å². The number of anilines is 1. The Kier molecular flexibility index (Phi) is 5.32. The topological polar surface area (TPSA) is 82.6 Å². The van der Waals surface area contributed by atoms with Crippen molar-refractivity contribution >= 4 is 27.5 Å². The second-order valence-electron chi connectivity index (χ2n) is 5.90.